The highest BCUT2D eigenvalue weighted by Gasteiger charge is 2.11. The number of carbonyl (C=O) groups is 1. The van der Waals surface area contributed by atoms with Gasteiger partial charge < -0.3 is 5.32 Å². The quantitative estimate of drug-likeness (QED) is 0.757. The summed E-state index contributed by atoms with van der Waals surface area (Å²) >= 11 is 7.39. The number of amides is 1. The van der Waals surface area contributed by atoms with Crippen LogP contribution in [-0.2, 0) is 11.3 Å². The Labute approximate surface area is 147 Å². The minimum absolute atomic E-state index is 0.114. The van der Waals surface area contributed by atoms with Gasteiger partial charge in [-0.05, 0) is 36.1 Å². The number of halogens is 1. The summed E-state index contributed by atoms with van der Waals surface area (Å²) in [5, 5.41) is 5.98. The molecule has 3 rings (SSSR count). The maximum absolute atomic E-state index is 12.3. The van der Waals surface area contributed by atoms with E-state index in [9.17, 15) is 9.59 Å². The molecule has 1 amide bonds. The number of hydrogen-bond acceptors (Lipinski definition) is 4. The highest BCUT2D eigenvalue weighted by Crippen LogP contribution is 2.17. The Balaban J connectivity index is 1.62. The van der Waals surface area contributed by atoms with E-state index in [1.54, 1.807) is 12.1 Å². The predicted molar refractivity (Wildman–Crippen MR) is 96.5 cm³/mol. The number of carbonyl (C=O) groups excluding carboxylic acids is 1. The molecule has 0 radical (unpaired) electrons. The van der Waals surface area contributed by atoms with E-state index in [2.05, 4.69) is 10.3 Å². The lowest BCUT2D eigenvalue weighted by Crippen LogP contribution is -2.29. The molecular formula is C17H16ClN3O2S. The highest BCUT2D eigenvalue weighted by atomic mass is 35.5. The molecule has 7 heteroatoms. The molecule has 0 unspecified atom stereocenters. The van der Waals surface area contributed by atoms with Crippen LogP contribution < -0.4 is 10.9 Å². The van der Waals surface area contributed by atoms with E-state index in [0.29, 0.717) is 17.0 Å². The first-order valence-corrected chi connectivity index (χ1v) is 8.78. The van der Waals surface area contributed by atoms with Crippen molar-refractivity contribution in [3.8, 4) is 0 Å². The summed E-state index contributed by atoms with van der Waals surface area (Å²) in [6, 6.07) is 8.99. The van der Waals surface area contributed by atoms with Gasteiger partial charge in [0.05, 0.1) is 17.8 Å². The third kappa shape index (κ3) is 3.66. The van der Waals surface area contributed by atoms with Gasteiger partial charge in [-0.1, -0.05) is 23.7 Å². The largest absolute Gasteiger partial charge is 0.350 e. The molecule has 2 aromatic heterocycles. The summed E-state index contributed by atoms with van der Waals surface area (Å²) in [5.41, 5.74) is 0.825. The van der Waals surface area contributed by atoms with Crippen molar-refractivity contribution in [1.29, 1.82) is 0 Å². The molecular weight excluding hydrogens is 346 g/mol. The molecule has 1 aromatic carbocycles. The van der Waals surface area contributed by atoms with Crippen LogP contribution in [0.1, 0.15) is 24.9 Å². The van der Waals surface area contributed by atoms with Gasteiger partial charge in [-0.2, -0.15) is 0 Å². The number of thiophene rings is 1. The zero-order valence-electron chi connectivity index (χ0n) is 13.0. The molecule has 0 saturated carbocycles. The summed E-state index contributed by atoms with van der Waals surface area (Å²) in [5.74, 6) is -0.125. The van der Waals surface area contributed by atoms with Gasteiger partial charge in [0.2, 0.25) is 5.91 Å². The zero-order chi connectivity index (χ0) is 17.1. The molecule has 1 N–H and O–H groups in total. The van der Waals surface area contributed by atoms with Crippen molar-refractivity contribution in [3.63, 3.8) is 0 Å². The predicted octanol–water partition coefficient (Wildman–Crippen LogP) is 3.38. The number of rotatable bonds is 5. The van der Waals surface area contributed by atoms with Crippen LogP contribution in [0.15, 0.2) is 46.8 Å². The van der Waals surface area contributed by atoms with E-state index in [1.807, 2.05) is 30.5 Å². The molecule has 2 heterocycles. The Kier molecular flexibility index (Phi) is 4.97. The van der Waals surface area contributed by atoms with Crippen LogP contribution in [-0.4, -0.2) is 15.5 Å². The first kappa shape index (κ1) is 16.7. The van der Waals surface area contributed by atoms with Crippen LogP contribution in [0.3, 0.4) is 0 Å². The van der Waals surface area contributed by atoms with Crippen molar-refractivity contribution < 1.29 is 4.79 Å². The Bertz CT molecular complexity index is 935. The second-order valence-corrected chi connectivity index (χ2v) is 6.81. The molecule has 0 spiro atoms. The van der Waals surface area contributed by atoms with Gasteiger partial charge in [0.15, 0.2) is 0 Å². The van der Waals surface area contributed by atoms with E-state index in [4.69, 9.17) is 11.6 Å². The molecule has 0 aliphatic rings. The number of hydrogen-bond donors (Lipinski definition) is 1. The molecule has 5 nitrogen and oxygen atoms in total. The summed E-state index contributed by atoms with van der Waals surface area (Å²) in [7, 11) is 0. The van der Waals surface area contributed by atoms with E-state index in [1.165, 1.54) is 22.2 Å². The van der Waals surface area contributed by atoms with Gasteiger partial charge in [0, 0.05) is 18.0 Å². The average molecular weight is 362 g/mol. The summed E-state index contributed by atoms with van der Waals surface area (Å²) < 4.78 is 1.47. The number of fused-ring (bicyclic) bond motifs is 1. The monoisotopic (exact) mass is 361 g/mol. The highest BCUT2D eigenvalue weighted by molar-refractivity contribution is 7.16. The van der Waals surface area contributed by atoms with Gasteiger partial charge in [0.1, 0.15) is 4.83 Å². The number of nitrogens with one attached hydrogen (secondary N) is 1. The van der Waals surface area contributed by atoms with Crippen molar-refractivity contribution >= 4 is 39.1 Å². The van der Waals surface area contributed by atoms with Crippen molar-refractivity contribution in [2.24, 2.45) is 0 Å². The molecule has 0 aliphatic heterocycles. The van der Waals surface area contributed by atoms with Crippen LogP contribution in [0.25, 0.3) is 10.2 Å². The maximum Gasteiger partial charge on any atom is 0.262 e. The fraction of sp³-hybridized carbons (Fsp3) is 0.235. The van der Waals surface area contributed by atoms with E-state index in [0.717, 1.165) is 10.4 Å². The van der Waals surface area contributed by atoms with Gasteiger partial charge in [0.25, 0.3) is 5.56 Å². The SMILES string of the molecule is C[C@H](NC(=O)CCn1cnc2sccc2c1=O)c1cccc(Cl)c1. The third-order valence-corrected chi connectivity index (χ3v) is 4.81. The van der Waals surface area contributed by atoms with E-state index < -0.39 is 0 Å². The molecule has 0 bridgehead atoms. The maximum atomic E-state index is 12.3. The third-order valence-electron chi connectivity index (χ3n) is 3.76. The number of benzene rings is 1. The van der Waals surface area contributed by atoms with Crippen LogP contribution >= 0.6 is 22.9 Å². The second kappa shape index (κ2) is 7.15. The second-order valence-electron chi connectivity index (χ2n) is 5.48. The average Bonchev–Trinajstić information content (AvgIpc) is 3.03. The molecule has 3 aromatic rings. The van der Waals surface area contributed by atoms with Gasteiger partial charge in [-0.25, -0.2) is 4.98 Å². The van der Waals surface area contributed by atoms with Gasteiger partial charge in [-0.3, -0.25) is 14.2 Å². The number of aryl methyl sites for hydroxylation is 1. The van der Waals surface area contributed by atoms with Crippen LogP contribution in [0.5, 0.6) is 0 Å². The van der Waals surface area contributed by atoms with Crippen molar-refractivity contribution in [1.82, 2.24) is 14.9 Å². The fourth-order valence-corrected chi connectivity index (χ4v) is 3.37. The minimum atomic E-state index is -0.148. The molecule has 124 valence electrons. The summed E-state index contributed by atoms with van der Waals surface area (Å²) in [6.07, 6.45) is 1.71. The zero-order valence-corrected chi connectivity index (χ0v) is 14.6. The van der Waals surface area contributed by atoms with E-state index >= 15 is 0 Å². The lowest BCUT2D eigenvalue weighted by molar-refractivity contribution is -0.121. The van der Waals surface area contributed by atoms with Crippen LogP contribution in [0.4, 0.5) is 0 Å². The van der Waals surface area contributed by atoms with Crippen molar-refractivity contribution in [2.75, 3.05) is 0 Å². The van der Waals surface area contributed by atoms with Gasteiger partial charge in [-0.15, -0.1) is 11.3 Å². The van der Waals surface area contributed by atoms with Crippen LogP contribution in [0.2, 0.25) is 5.02 Å². The van der Waals surface area contributed by atoms with E-state index in [-0.39, 0.29) is 23.9 Å². The standard InChI is InChI=1S/C17H16ClN3O2S/c1-11(12-3-2-4-13(18)9-12)20-15(22)5-7-21-10-19-16-14(17(21)23)6-8-24-16/h2-4,6,8-11H,5,7H2,1H3,(H,20,22)/t11-/m0/s1. The molecule has 24 heavy (non-hydrogen) atoms. The van der Waals surface area contributed by atoms with Crippen molar-refractivity contribution in [3.05, 3.63) is 63.0 Å². The summed E-state index contributed by atoms with van der Waals surface area (Å²) in [6.45, 7) is 2.19. The van der Waals surface area contributed by atoms with Gasteiger partial charge >= 0.3 is 0 Å². The first-order valence-electron chi connectivity index (χ1n) is 7.52. The fourth-order valence-electron chi connectivity index (χ4n) is 2.45. The van der Waals surface area contributed by atoms with Crippen LogP contribution in [0, 0.1) is 0 Å². The number of aromatic nitrogens is 2. The molecule has 0 aliphatic carbocycles. The Hall–Kier alpha value is -2.18. The molecule has 0 saturated heterocycles. The molecule has 1 atom stereocenters. The topological polar surface area (TPSA) is 64.0 Å². The minimum Gasteiger partial charge on any atom is -0.350 e. The smallest absolute Gasteiger partial charge is 0.262 e. The lowest BCUT2D eigenvalue weighted by atomic mass is 10.1. The van der Waals surface area contributed by atoms with Crippen molar-refractivity contribution in [2.45, 2.75) is 25.9 Å². The molecule has 0 fully saturated rings. The Morgan fingerprint density at radius 1 is 1.42 bits per heavy atom. The lowest BCUT2D eigenvalue weighted by Gasteiger charge is -2.15. The number of nitrogens with zero attached hydrogens (tertiary/aromatic N) is 2. The first-order chi connectivity index (χ1) is 11.5. The normalized spacial score (nSPS) is 12.2. The summed E-state index contributed by atoms with van der Waals surface area (Å²) in [4.78, 5) is 29.3. The Morgan fingerprint density at radius 2 is 2.25 bits per heavy atom. The Morgan fingerprint density at radius 3 is 3.04 bits per heavy atom.